The van der Waals surface area contributed by atoms with E-state index in [-0.39, 0.29) is 29.9 Å². The van der Waals surface area contributed by atoms with Gasteiger partial charge in [0.1, 0.15) is 18.7 Å². The van der Waals surface area contributed by atoms with Crippen molar-refractivity contribution in [3.63, 3.8) is 0 Å². The molecule has 2 heterocycles. The number of aryl methyl sites for hydroxylation is 1. The van der Waals surface area contributed by atoms with Gasteiger partial charge in [-0.3, -0.25) is 9.48 Å². The van der Waals surface area contributed by atoms with Gasteiger partial charge in [-0.05, 0) is 19.1 Å². The van der Waals surface area contributed by atoms with Crippen molar-refractivity contribution < 1.29 is 4.79 Å². The van der Waals surface area contributed by atoms with Crippen LogP contribution in [-0.4, -0.2) is 70.8 Å². The molecule has 1 aliphatic heterocycles. The van der Waals surface area contributed by atoms with Crippen LogP contribution in [0.4, 0.5) is 5.69 Å². The van der Waals surface area contributed by atoms with Crippen LogP contribution in [0.2, 0.25) is 0 Å². The Balaban J connectivity index is 0.00000320. The molecule has 0 unspecified atom stereocenters. The summed E-state index contributed by atoms with van der Waals surface area (Å²) in [6.45, 7) is 6.98. The van der Waals surface area contributed by atoms with Gasteiger partial charge in [0.05, 0.1) is 0 Å². The normalized spacial score (nSPS) is 14.3. The Bertz CT molecular complexity index is 802. The van der Waals surface area contributed by atoms with E-state index in [1.54, 1.807) is 4.68 Å². The minimum atomic E-state index is 0. The van der Waals surface area contributed by atoms with Crippen LogP contribution >= 0.6 is 24.0 Å². The van der Waals surface area contributed by atoms with Gasteiger partial charge >= 0.3 is 0 Å². The van der Waals surface area contributed by atoms with Crippen LogP contribution in [0.25, 0.3) is 0 Å². The number of hydrogen-bond donors (Lipinski definition) is 2. The van der Waals surface area contributed by atoms with Gasteiger partial charge in [-0.15, -0.1) is 24.0 Å². The highest BCUT2D eigenvalue weighted by Gasteiger charge is 2.20. The maximum Gasteiger partial charge on any atom is 0.224 e. The number of anilines is 1. The van der Waals surface area contributed by atoms with Crippen LogP contribution in [0.1, 0.15) is 19.2 Å². The number of piperazine rings is 1. The maximum absolute atomic E-state index is 12.6. The molecule has 1 aromatic heterocycles. The molecule has 30 heavy (non-hydrogen) atoms. The summed E-state index contributed by atoms with van der Waals surface area (Å²) in [6, 6.07) is 10.3. The van der Waals surface area contributed by atoms with E-state index in [9.17, 15) is 4.79 Å². The number of carbonyl (C=O) groups is 1. The van der Waals surface area contributed by atoms with Crippen molar-refractivity contribution in [3.8, 4) is 0 Å². The largest absolute Gasteiger partial charge is 0.368 e. The van der Waals surface area contributed by atoms with Gasteiger partial charge in [0.25, 0.3) is 0 Å². The van der Waals surface area contributed by atoms with Crippen LogP contribution < -0.4 is 15.5 Å². The van der Waals surface area contributed by atoms with Crippen LogP contribution in [0.5, 0.6) is 0 Å². The fraction of sp³-hybridized carbons (Fsp3) is 0.500. The molecular weight excluding hydrogens is 495 g/mol. The summed E-state index contributed by atoms with van der Waals surface area (Å²) in [5, 5.41) is 10.5. The number of hydrogen-bond acceptors (Lipinski definition) is 5. The molecule has 10 heteroatoms. The van der Waals surface area contributed by atoms with Crippen molar-refractivity contribution in [1.82, 2.24) is 30.3 Å². The number of nitrogens with one attached hydrogen (secondary N) is 2. The van der Waals surface area contributed by atoms with Crippen molar-refractivity contribution in [2.45, 2.75) is 19.9 Å². The molecule has 164 valence electrons. The number of halogens is 1. The number of benzene rings is 1. The lowest BCUT2D eigenvalue weighted by Gasteiger charge is -2.36. The minimum Gasteiger partial charge on any atom is -0.368 e. The number of amides is 1. The van der Waals surface area contributed by atoms with Crippen molar-refractivity contribution in [2.75, 3.05) is 44.2 Å². The molecular formula is C20H31IN8O. The summed E-state index contributed by atoms with van der Waals surface area (Å²) in [6.07, 6.45) is 1.96. The number of aliphatic imine (C=N–C) groups is 1. The van der Waals surface area contributed by atoms with Crippen LogP contribution in [-0.2, 0) is 18.4 Å². The third-order valence-electron chi connectivity index (χ3n) is 4.91. The van der Waals surface area contributed by atoms with E-state index >= 15 is 0 Å². The SMILES string of the molecule is CCNC(=NCc1ncnn1C)NCCC(=O)N1CCN(c2ccccc2)CC1.I. The molecule has 2 N–H and O–H groups in total. The number of aromatic nitrogens is 3. The third-order valence-corrected chi connectivity index (χ3v) is 4.91. The Morgan fingerprint density at radius 3 is 2.50 bits per heavy atom. The van der Waals surface area contributed by atoms with E-state index in [1.165, 1.54) is 12.0 Å². The van der Waals surface area contributed by atoms with Crippen LogP contribution in [0.3, 0.4) is 0 Å². The zero-order chi connectivity index (χ0) is 20.5. The average Bonchev–Trinajstić information content (AvgIpc) is 3.17. The number of carbonyl (C=O) groups excluding carboxylic acids is 1. The number of rotatable bonds is 7. The Morgan fingerprint density at radius 2 is 1.87 bits per heavy atom. The molecule has 0 atom stereocenters. The van der Waals surface area contributed by atoms with E-state index in [0.717, 1.165) is 38.5 Å². The van der Waals surface area contributed by atoms with Gasteiger partial charge in [-0.1, -0.05) is 18.2 Å². The van der Waals surface area contributed by atoms with Gasteiger partial charge < -0.3 is 20.4 Å². The summed E-state index contributed by atoms with van der Waals surface area (Å²) >= 11 is 0. The molecule has 1 fully saturated rings. The zero-order valence-corrected chi connectivity index (χ0v) is 20.0. The fourth-order valence-electron chi connectivity index (χ4n) is 3.25. The van der Waals surface area contributed by atoms with Crippen molar-refractivity contribution in [3.05, 3.63) is 42.5 Å². The first-order chi connectivity index (χ1) is 14.2. The molecule has 0 saturated carbocycles. The first-order valence-electron chi connectivity index (χ1n) is 10.1. The van der Waals surface area contributed by atoms with Crippen molar-refractivity contribution in [1.29, 1.82) is 0 Å². The second-order valence-corrected chi connectivity index (χ2v) is 6.88. The number of para-hydroxylation sites is 1. The highest BCUT2D eigenvalue weighted by atomic mass is 127. The summed E-state index contributed by atoms with van der Waals surface area (Å²) < 4.78 is 1.70. The second-order valence-electron chi connectivity index (χ2n) is 6.88. The average molecular weight is 526 g/mol. The summed E-state index contributed by atoms with van der Waals surface area (Å²) in [4.78, 5) is 25.5. The number of nitrogens with zero attached hydrogens (tertiary/aromatic N) is 6. The molecule has 1 aromatic carbocycles. The lowest BCUT2D eigenvalue weighted by atomic mass is 10.2. The standard InChI is InChI=1S/C20H30N8O.HI/c1-3-21-20(23-15-18-24-16-25-26(18)2)22-10-9-19(29)28-13-11-27(12-14-28)17-7-5-4-6-8-17;/h4-8,16H,3,9-15H2,1-2H3,(H2,21,22,23);1H. The lowest BCUT2D eigenvalue weighted by Crippen LogP contribution is -2.49. The van der Waals surface area contributed by atoms with Crippen LogP contribution in [0.15, 0.2) is 41.7 Å². The highest BCUT2D eigenvalue weighted by molar-refractivity contribution is 14.0. The molecule has 0 spiro atoms. The molecule has 0 bridgehead atoms. The Labute approximate surface area is 195 Å². The van der Waals surface area contributed by atoms with E-state index in [2.05, 4.69) is 42.7 Å². The van der Waals surface area contributed by atoms with Gasteiger partial charge in [0.15, 0.2) is 5.96 Å². The molecule has 1 saturated heterocycles. The predicted molar refractivity (Wildman–Crippen MR) is 129 cm³/mol. The number of guanidine groups is 1. The van der Waals surface area contributed by atoms with E-state index < -0.39 is 0 Å². The van der Waals surface area contributed by atoms with Gasteiger partial charge in [0.2, 0.25) is 5.91 Å². The van der Waals surface area contributed by atoms with E-state index in [4.69, 9.17) is 0 Å². The minimum absolute atomic E-state index is 0. The molecule has 1 amide bonds. The molecule has 0 radical (unpaired) electrons. The summed E-state index contributed by atoms with van der Waals surface area (Å²) in [5.41, 5.74) is 1.22. The predicted octanol–water partition coefficient (Wildman–Crippen LogP) is 1.23. The Morgan fingerprint density at radius 1 is 1.13 bits per heavy atom. The van der Waals surface area contributed by atoms with E-state index in [0.29, 0.717) is 25.5 Å². The highest BCUT2D eigenvalue weighted by Crippen LogP contribution is 2.15. The van der Waals surface area contributed by atoms with E-state index in [1.807, 2.05) is 37.1 Å². The lowest BCUT2D eigenvalue weighted by molar-refractivity contribution is -0.131. The fourth-order valence-corrected chi connectivity index (χ4v) is 3.25. The van der Waals surface area contributed by atoms with Crippen molar-refractivity contribution in [2.24, 2.45) is 12.0 Å². The molecule has 2 aromatic rings. The quantitative estimate of drug-likeness (QED) is 0.321. The smallest absolute Gasteiger partial charge is 0.224 e. The maximum atomic E-state index is 12.6. The second kappa shape index (κ2) is 12.4. The van der Waals surface area contributed by atoms with Gasteiger partial charge in [-0.2, -0.15) is 5.10 Å². The molecule has 1 aliphatic rings. The van der Waals surface area contributed by atoms with Gasteiger partial charge in [0, 0.05) is 58.4 Å². The first kappa shape index (κ1) is 23.9. The van der Waals surface area contributed by atoms with Crippen molar-refractivity contribution >= 4 is 41.5 Å². The zero-order valence-electron chi connectivity index (χ0n) is 17.6. The van der Waals surface area contributed by atoms with Crippen LogP contribution in [0, 0.1) is 0 Å². The molecule has 0 aliphatic carbocycles. The Hall–Kier alpha value is -2.37. The monoisotopic (exact) mass is 526 g/mol. The summed E-state index contributed by atoms with van der Waals surface area (Å²) in [7, 11) is 1.84. The Kier molecular flexibility index (Phi) is 9.84. The topological polar surface area (TPSA) is 90.7 Å². The van der Waals surface area contributed by atoms with Gasteiger partial charge in [-0.25, -0.2) is 9.98 Å². The summed E-state index contributed by atoms with van der Waals surface area (Å²) in [5.74, 6) is 1.64. The molecule has 9 nitrogen and oxygen atoms in total. The first-order valence-corrected chi connectivity index (χ1v) is 10.1. The molecule has 3 rings (SSSR count). The third kappa shape index (κ3) is 6.85.